The van der Waals surface area contributed by atoms with Gasteiger partial charge < -0.3 is 29.9 Å². The number of rotatable bonds is 10. The summed E-state index contributed by atoms with van der Waals surface area (Å²) in [6.07, 6.45) is 0.662. The molecule has 158 valence electrons. The van der Waals surface area contributed by atoms with E-state index >= 15 is 0 Å². The monoisotopic (exact) mass is 414 g/mol. The van der Waals surface area contributed by atoms with Crippen LogP contribution in [0.4, 0.5) is 0 Å². The van der Waals surface area contributed by atoms with E-state index in [4.69, 9.17) is 9.47 Å². The average Bonchev–Trinajstić information content (AvgIpc) is 2.72. The second-order valence-electron chi connectivity index (χ2n) is 6.70. The molecule has 3 aromatic rings. The molecule has 0 unspecified atom stereocenters. The molecule has 30 heavy (non-hydrogen) atoms. The quantitative estimate of drug-likeness (QED) is 0.276. The Balaban J connectivity index is 1.56. The summed E-state index contributed by atoms with van der Waals surface area (Å²) in [7, 11) is 0. The lowest BCUT2D eigenvalue weighted by Crippen LogP contribution is -2.43. The Morgan fingerprint density at radius 1 is 0.600 bits per heavy atom. The van der Waals surface area contributed by atoms with Crippen LogP contribution in [0.25, 0.3) is 0 Å². The number of hydrogen-bond donors (Lipinski definition) is 4. The number of benzene rings is 1. The van der Waals surface area contributed by atoms with Crippen molar-refractivity contribution in [3.05, 3.63) is 84.4 Å². The van der Waals surface area contributed by atoms with Gasteiger partial charge in [0.1, 0.15) is 11.5 Å². The Morgan fingerprint density at radius 2 is 1.00 bits per heavy atom. The molecule has 0 saturated heterocycles. The maximum absolute atomic E-state index is 9.19. The van der Waals surface area contributed by atoms with Gasteiger partial charge in [0.2, 0.25) is 24.0 Å². The van der Waals surface area contributed by atoms with Gasteiger partial charge in [0.15, 0.2) is 38.7 Å². The molecule has 8 heteroatoms. The largest absolute Gasteiger partial charge is 0.483 e. The van der Waals surface area contributed by atoms with Crippen LogP contribution in [0.15, 0.2) is 73.1 Å². The Morgan fingerprint density at radius 3 is 1.37 bits per heavy atom. The van der Waals surface area contributed by atoms with Crippen molar-refractivity contribution in [3.63, 3.8) is 0 Å². The lowest BCUT2D eigenvalue weighted by atomic mass is 10.3. The van der Waals surface area contributed by atoms with Crippen molar-refractivity contribution >= 4 is 0 Å². The lowest BCUT2D eigenvalue weighted by Gasteiger charge is -2.09. The summed E-state index contributed by atoms with van der Waals surface area (Å²) in [5.41, 5.74) is 1.62. The summed E-state index contributed by atoms with van der Waals surface area (Å²) in [6.45, 7) is 0.695. The number of nitrogens with zero attached hydrogens (tertiary/aromatic N) is 2. The van der Waals surface area contributed by atoms with Crippen molar-refractivity contribution in [2.45, 2.75) is 38.9 Å². The van der Waals surface area contributed by atoms with Crippen LogP contribution in [0.3, 0.4) is 0 Å². The van der Waals surface area contributed by atoms with E-state index in [0.29, 0.717) is 11.5 Å². The molecule has 0 aliphatic rings. The second kappa shape index (κ2) is 10.7. The second-order valence-corrected chi connectivity index (χ2v) is 6.70. The van der Waals surface area contributed by atoms with Crippen molar-refractivity contribution in [2.75, 3.05) is 0 Å². The van der Waals surface area contributed by atoms with Crippen molar-refractivity contribution in [1.82, 2.24) is 0 Å². The maximum Gasteiger partial charge on any atom is 0.219 e. The number of aromatic nitrogens is 2. The van der Waals surface area contributed by atoms with Crippen LogP contribution in [-0.4, -0.2) is 33.0 Å². The van der Waals surface area contributed by atoms with E-state index in [9.17, 15) is 20.4 Å². The zero-order chi connectivity index (χ0) is 21.3. The number of ether oxygens (including phenoxy) is 2. The molecule has 1 aromatic carbocycles. The first kappa shape index (κ1) is 21.7. The van der Waals surface area contributed by atoms with Crippen molar-refractivity contribution in [2.24, 2.45) is 0 Å². The van der Waals surface area contributed by atoms with Crippen LogP contribution >= 0.6 is 0 Å². The summed E-state index contributed by atoms with van der Waals surface area (Å²) in [6, 6.07) is 18.2. The fourth-order valence-electron chi connectivity index (χ4n) is 2.94. The van der Waals surface area contributed by atoms with E-state index in [1.807, 2.05) is 36.4 Å². The number of pyridine rings is 2. The van der Waals surface area contributed by atoms with E-state index in [1.54, 1.807) is 45.8 Å². The zero-order valence-corrected chi connectivity index (χ0v) is 16.4. The summed E-state index contributed by atoms with van der Waals surface area (Å²) in [4.78, 5) is 0. The van der Waals surface area contributed by atoms with Gasteiger partial charge in [-0.3, -0.25) is 0 Å². The molecule has 0 amide bonds. The third-order valence-electron chi connectivity index (χ3n) is 4.39. The average molecular weight is 414 g/mol. The summed E-state index contributed by atoms with van der Waals surface area (Å²) < 4.78 is 15.0. The van der Waals surface area contributed by atoms with Gasteiger partial charge >= 0.3 is 0 Å². The Labute approximate surface area is 174 Å². The minimum absolute atomic E-state index is 0.0686. The molecule has 0 radical (unpaired) electrons. The first-order valence-electron chi connectivity index (χ1n) is 9.54. The standard InChI is InChI=1S/C22H26N2O6/c25-21(26)13-23-11-3-1-5-17(23)15-29-19-7-9-20(10-8-19)30-16-18-6-2-4-12-24(18)14-22(27)28/h1-12,21-22,25-28H,13-16H2/q+2. The smallest absolute Gasteiger partial charge is 0.219 e. The summed E-state index contributed by atoms with van der Waals surface area (Å²) >= 11 is 0. The molecular weight excluding hydrogens is 388 g/mol. The third-order valence-corrected chi connectivity index (χ3v) is 4.39. The van der Waals surface area contributed by atoms with Crippen LogP contribution < -0.4 is 18.6 Å². The fourth-order valence-corrected chi connectivity index (χ4v) is 2.94. The van der Waals surface area contributed by atoms with Crippen molar-refractivity contribution < 1.29 is 39.0 Å². The van der Waals surface area contributed by atoms with E-state index in [2.05, 4.69) is 0 Å². The predicted molar refractivity (Wildman–Crippen MR) is 105 cm³/mol. The van der Waals surface area contributed by atoms with Gasteiger partial charge in [0, 0.05) is 24.3 Å². The first-order chi connectivity index (χ1) is 14.5. The van der Waals surface area contributed by atoms with Crippen LogP contribution in [0.1, 0.15) is 11.4 Å². The fraction of sp³-hybridized carbons (Fsp3) is 0.273. The van der Waals surface area contributed by atoms with E-state index in [0.717, 1.165) is 11.4 Å². The first-order valence-corrected chi connectivity index (χ1v) is 9.54. The highest BCUT2D eigenvalue weighted by atomic mass is 16.5. The third kappa shape index (κ3) is 6.50. The maximum atomic E-state index is 9.19. The minimum Gasteiger partial charge on any atom is -0.483 e. The van der Waals surface area contributed by atoms with Gasteiger partial charge in [-0.05, 0) is 36.4 Å². The zero-order valence-electron chi connectivity index (χ0n) is 16.4. The molecule has 4 N–H and O–H groups in total. The molecule has 2 heterocycles. The van der Waals surface area contributed by atoms with Crippen LogP contribution in [-0.2, 0) is 26.3 Å². The molecule has 0 fully saturated rings. The predicted octanol–water partition coefficient (Wildman–Crippen LogP) is 0.0410. The minimum atomic E-state index is -1.43. The molecule has 0 aliphatic heterocycles. The van der Waals surface area contributed by atoms with Crippen LogP contribution in [0.5, 0.6) is 11.5 Å². The highest BCUT2D eigenvalue weighted by Gasteiger charge is 2.15. The van der Waals surface area contributed by atoms with Crippen molar-refractivity contribution in [1.29, 1.82) is 0 Å². The van der Waals surface area contributed by atoms with Crippen LogP contribution in [0, 0.1) is 0 Å². The SMILES string of the molecule is OC(O)C[n+]1ccccc1COc1ccc(OCc2cccc[n+]2CC(O)O)cc1. The van der Waals surface area contributed by atoms with E-state index in [1.165, 1.54) is 0 Å². The molecule has 8 nitrogen and oxygen atoms in total. The molecule has 0 aliphatic carbocycles. The van der Waals surface area contributed by atoms with Gasteiger partial charge in [0.05, 0.1) is 0 Å². The Kier molecular flexibility index (Phi) is 7.69. The molecule has 0 spiro atoms. The molecule has 0 bridgehead atoms. The highest BCUT2D eigenvalue weighted by molar-refractivity contribution is 5.31. The molecule has 0 atom stereocenters. The molecule has 0 saturated carbocycles. The van der Waals surface area contributed by atoms with E-state index < -0.39 is 12.6 Å². The molecule has 3 rings (SSSR count). The Bertz CT molecular complexity index is 854. The van der Waals surface area contributed by atoms with Gasteiger partial charge in [-0.25, -0.2) is 0 Å². The van der Waals surface area contributed by atoms with Gasteiger partial charge in [-0.15, -0.1) is 0 Å². The number of aliphatic hydroxyl groups is 4. The summed E-state index contributed by atoms with van der Waals surface area (Å²) in [5.74, 6) is 1.31. The van der Waals surface area contributed by atoms with Gasteiger partial charge in [-0.1, -0.05) is 0 Å². The number of hydrogen-bond acceptors (Lipinski definition) is 6. The number of aliphatic hydroxyl groups excluding tert-OH is 2. The Hall–Kier alpha value is -3.04. The van der Waals surface area contributed by atoms with Gasteiger partial charge in [0.25, 0.3) is 0 Å². The molecular formula is C22H26N2O6+2. The van der Waals surface area contributed by atoms with Crippen molar-refractivity contribution in [3.8, 4) is 11.5 Å². The van der Waals surface area contributed by atoms with E-state index in [-0.39, 0.29) is 26.3 Å². The normalized spacial score (nSPS) is 11.1. The lowest BCUT2D eigenvalue weighted by molar-refractivity contribution is -0.718. The molecule has 2 aromatic heterocycles. The highest BCUT2D eigenvalue weighted by Crippen LogP contribution is 2.19. The van der Waals surface area contributed by atoms with Crippen LogP contribution in [0.2, 0.25) is 0 Å². The van der Waals surface area contributed by atoms with Gasteiger partial charge in [-0.2, -0.15) is 9.13 Å². The summed E-state index contributed by atoms with van der Waals surface area (Å²) in [5, 5.41) is 36.8. The topological polar surface area (TPSA) is 107 Å².